The molecule has 1 fully saturated rings. The maximum absolute atomic E-state index is 12.6. The molecule has 1 saturated heterocycles. The lowest BCUT2D eigenvalue weighted by Crippen LogP contribution is -2.55. The van der Waals surface area contributed by atoms with Gasteiger partial charge in [0.25, 0.3) is 0 Å². The van der Waals surface area contributed by atoms with E-state index in [9.17, 15) is 14.4 Å². The van der Waals surface area contributed by atoms with E-state index in [0.717, 1.165) is 11.1 Å². The molecule has 0 saturated carbocycles. The molecule has 0 aliphatic carbocycles. The Hall–Kier alpha value is -2.67. The summed E-state index contributed by atoms with van der Waals surface area (Å²) in [6.07, 6.45) is 1.32. The summed E-state index contributed by atoms with van der Waals surface area (Å²) in [5, 5.41) is 2.69. The van der Waals surface area contributed by atoms with Gasteiger partial charge in [0, 0.05) is 13.1 Å². The zero-order valence-corrected chi connectivity index (χ0v) is 13.4. The first-order valence-corrected chi connectivity index (χ1v) is 7.66. The van der Waals surface area contributed by atoms with Crippen LogP contribution in [0.1, 0.15) is 11.1 Å². The number of nitrogens with zero attached hydrogens (tertiary/aromatic N) is 1. The summed E-state index contributed by atoms with van der Waals surface area (Å²) in [5.74, 6) is -1.04. The van der Waals surface area contributed by atoms with Crippen LogP contribution in [0.4, 0.5) is 0 Å². The van der Waals surface area contributed by atoms with Crippen LogP contribution in [-0.4, -0.2) is 48.4 Å². The van der Waals surface area contributed by atoms with Gasteiger partial charge in [0.2, 0.25) is 17.7 Å². The minimum absolute atomic E-state index is 0.123. The van der Waals surface area contributed by atoms with Gasteiger partial charge in [-0.3, -0.25) is 14.4 Å². The van der Waals surface area contributed by atoms with Crippen LogP contribution in [0.3, 0.4) is 0 Å². The summed E-state index contributed by atoms with van der Waals surface area (Å²) in [6, 6.07) is 6.60. The smallest absolute Gasteiger partial charge is 0.243 e. The molecule has 0 spiro atoms. The van der Waals surface area contributed by atoms with Crippen LogP contribution in [0.15, 0.2) is 36.9 Å². The predicted octanol–water partition coefficient (Wildman–Crippen LogP) is -0.256. The molecule has 0 aromatic heterocycles. The number of carbonyl (C=O) groups excluding carboxylic acids is 3. The molecular formula is C17H21N3O4. The molecule has 3 amide bonds. The maximum Gasteiger partial charge on any atom is 0.243 e. The van der Waals surface area contributed by atoms with E-state index >= 15 is 0 Å². The molecule has 1 aliphatic heterocycles. The fraction of sp³-hybridized carbons (Fsp3) is 0.353. The number of amides is 3. The Morgan fingerprint density at radius 3 is 2.71 bits per heavy atom. The summed E-state index contributed by atoms with van der Waals surface area (Å²) in [7, 11) is 0. The molecular weight excluding hydrogens is 310 g/mol. The van der Waals surface area contributed by atoms with Crippen LogP contribution in [0.2, 0.25) is 0 Å². The molecule has 0 bridgehead atoms. The molecule has 1 heterocycles. The number of primary amides is 1. The Labute approximate surface area is 140 Å². The van der Waals surface area contributed by atoms with E-state index in [0.29, 0.717) is 19.7 Å². The first-order chi connectivity index (χ1) is 11.5. The Morgan fingerprint density at radius 2 is 2.04 bits per heavy atom. The zero-order valence-electron chi connectivity index (χ0n) is 13.4. The average Bonchev–Trinajstić information content (AvgIpc) is 2.60. The van der Waals surface area contributed by atoms with Crippen LogP contribution in [0, 0.1) is 0 Å². The van der Waals surface area contributed by atoms with Crippen molar-refractivity contribution in [2.75, 3.05) is 19.8 Å². The molecule has 24 heavy (non-hydrogen) atoms. The Balaban J connectivity index is 2.09. The van der Waals surface area contributed by atoms with E-state index in [2.05, 4.69) is 11.9 Å². The standard InChI is InChI=1S/C17H21N3O4/c1-2-15(21)19-10-13-6-4-3-5-12(13)9-16(22)20-7-8-24-11-14(20)17(18)23/h2-6,14H,1,7-11H2,(H2,18,23)(H,19,21). The van der Waals surface area contributed by atoms with Gasteiger partial charge in [-0.05, 0) is 17.2 Å². The van der Waals surface area contributed by atoms with Crippen LogP contribution < -0.4 is 11.1 Å². The Morgan fingerprint density at radius 1 is 1.33 bits per heavy atom. The summed E-state index contributed by atoms with van der Waals surface area (Å²) in [6.45, 7) is 4.54. The average molecular weight is 331 g/mol. The van der Waals surface area contributed by atoms with E-state index in [1.807, 2.05) is 24.3 Å². The van der Waals surface area contributed by atoms with Crippen molar-refractivity contribution >= 4 is 17.7 Å². The Bertz CT molecular complexity index is 644. The lowest BCUT2D eigenvalue weighted by molar-refractivity contribution is -0.146. The summed E-state index contributed by atoms with van der Waals surface area (Å²) in [5.41, 5.74) is 6.98. The fourth-order valence-corrected chi connectivity index (χ4v) is 2.56. The maximum atomic E-state index is 12.6. The summed E-state index contributed by atoms with van der Waals surface area (Å²) < 4.78 is 5.22. The fourth-order valence-electron chi connectivity index (χ4n) is 2.56. The molecule has 1 aliphatic rings. The van der Waals surface area contributed by atoms with Gasteiger partial charge in [0.05, 0.1) is 19.6 Å². The van der Waals surface area contributed by atoms with Gasteiger partial charge < -0.3 is 20.7 Å². The highest BCUT2D eigenvalue weighted by atomic mass is 16.5. The topological polar surface area (TPSA) is 102 Å². The molecule has 3 N–H and O–H groups in total. The molecule has 1 aromatic carbocycles. The Kier molecular flexibility index (Phi) is 6.08. The first-order valence-electron chi connectivity index (χ1n) is 7.66. The highest BCUT2D eigenvalue weighted by molar-refractivity contribution is 5.88. The van der Waals surface area contributed by atoms with Gasteiger partial charge in [-0.2, -0.15) is 0 Å². The third-order valence-electron chi connectivity index (χ3n) is 3.88. The molecule has 1 aromatic rings. The number of benzene rings is 1. The van der Waals surface area contributed by atoms with Crippen LogP contribution >= 0.6 is 0 Å². The summed E-state index contributed by atoms with van der Waals surface area (Å²) in [4.78, 5) is 36.9. The number of carbonyl (C=O) groups is 3. The van der Waals surface area contributed by atoms with E-state index in [-0.39, 0.29) is 24.8 Å². The van der Waals surface area contributed by atoms with Gasteiger partial charge in [-0.25, -0.2) is 0 Å². The van der Waals surface area contributed by atoms with Crippen LogP contribution in [0.5, 0.6) is 0 Å². The number of hydrogen-bond donors (Lipinski definition) is 2. The number of ether oxygens (including phenoxy) is 1. The van der Waals surface area contributed by atoms with Crippen molar-refractivity contribution in [3.63, 3.8) is 0 Å². The molecule has 0 radical (unpaired) electrons. The number of rotatable bonds is 6. The van der Waals surface area contributed by atoms with Crippen LogP contribution in [0.25, 0.3) is 0 Å². The van der Waals surface area contributed by atoms with Gasteiger partial charge in [0.1, 0.15) is 6.04 Å². The normalized spacial score (nSPS) is 17.2. The summed E-state index contributed by atoms with van der Waals surface area (Å²) >= 11 is 0. The van der Waals surface area contributed by atoms with Crippen molar-refractivity contribution in [1.82, 2.24) is 10.2 Å². The van der Waals surface area contributed by atoms with Gasteiger partial charge in [-0.15, -0.1) is 0 Å². The van der Waals surface area contributed by atoms with E-state index in [1.54, 1.807) is 0 Å². The zero-order chi connectivity index (χ0) is 17.5. The van der Waals surface area contributed by atoms with Crippen molar-refractivity contribution in [2.24, 2.45) is 5.73 Å². The molecule has 128 valence electrons. The minimum atomic E-state index is -0.737. The van der Waals surface area contributed by atoms with Crippen molar-refractivity contribution in [3.8, 4) is 0 Å². The lowest BCUT2D eigenvalue weighted by Gasteiger charge is -2.33. The van der Waals surface area contributed by atoms with Gasteiger partial charge in [0.15, 0.2) is 0 Å². The number of nitrogens with one attached hydrogen (secondary N) is 1. The molecule has 2 rings (SSSR count). The third kappa shape index (κ3) is 4.42. The van der Waals surface area contributed by atoms with Crippen LogP contribution in [-0.2, 0) is 32.1 Å². The molecule has 7 nitrogen and oxygen atoms in total. The largest absolute Gasteiger partial charge is 0.377 e. The second-order valence-electron chi connectivity index (χ2n) is 5.45. The highest BCUT2D eigenvalue weighted by Crippen LogP contribution is 2.14. The van der Waals surface area contributed by atoms with Gasteiger partial charge >= 0.3 is 0 Å². The van der Waals surface area contributed by atoms with Crippen molar-refractivity contribution < 1.29 is 19.1 Å². The lowest BCUT2D eigenvalue weighted by atomic mass is 10.0. The second-order valence-corrected chi connectivity index (χ2v) is 5.45. The van der Waals surface area contributed by atoms with E-state index < -0.39 is 11.9 Å². The molecule has 1 atom stereocenters. The number of hydrogen-bond acceptors (Lipinski definition) is 4. The monoisotopic (exact) mass is 331 g/mol. The van der Waals surface area contributed by atoms with E-state index in [4.69, 9.17) is 10.5 Å². The quantitative estimate of drug-likeness (QED) is 0.701. The second kappa shape index (κ2) is 8.26. The molecule has 1 unspecified atom stereocenters. The molecule has 7 heteroatoms. The van der Waals surface area contributed by atoms with Gasteiger partial charge in [-0.1, -0.05) is 30.8 Å². The third-order valence-corrected chi connectivity index (χ3v) is 3.88. The minimum Gasteiger partial charge on any atom is -0.377 e. The first kappa shape index (κ1) is 17.7. The number of nitrogens with two attached hydrogens (primary N) is 1. The van der Waals surface area contributed by atoms with Crippen molar-refractivity contribution in [1.29, 1.82) is 0 Å². The number of morpholine rings is 1. The van der Waals surface area contributed by atoms with Crippen molar-refractivity contribution in [2.45, 2.75) is 19.0 Å². The van der Waals surface area contributed by atoms with Crippen molar-refractivity contribution in [3.05, 3.63) is 48.0 Å². The van der Waals surface area contributed by atoms with E-state index in [1.165, 1.54) is 11.0 Å². The predicted molar refractivity (Wildman–Crippen MR) is 87.7 cm³/mol. The SMILES string of the molecule is C=CC(=O)NCc1ccccc1CC(=O)N1CCOCC1C(N)=O. The highest BCUT2D eigenvalue weighted by Gasteiger charge is 2.31.